The second-order valence-electron chi connectivity index (χ2n) is 6.36. The number of rotatable bonds is 5. The van der Waals surface area contributed by atoms with E-state index in [2.05, 4.69) is 22.0 Å². The third-order valence-electron chi connectivity index (χ3n) is 4.66. The van der Waals surface area contributed by atoms with Crippen molar-refractivity contribution in [2.75, 3.05) is 39.3 Å². The molecule has 0 bridgehead atoms. The smallest absolute Gasteiger partial charge is 0.194 e. The Balaban J connectivity index is 0.00000208. The minimum Gasteiger partial charge on any atom is -0.468 e. The summed E-state index contributed by atoms with van der Waals surface area (Å²) in [5.41, 5.74) is 0. The number of likely N-dealkylation sites (tertiary alicyclic amines) is 2. The fraction of sp³-hybridized carbons (Fsp3) is 0.706. The zero-order chi connectivity index (χ0) is 16.1. The van der Waals surface area contributed by atoms with Crippen LogP contribution in [0.2, 0.25) is 0 Å². The topological polar surface area (TPSA) is 64.2 Å². The predicted octanol–water partition coefficient (Wildman–Crippen LogP) is 2.07. The number of guanidine groups is 1. The molecule has 2 saturated heterocycles. The summed E-state index contributed by atoms with van der Waals surface area (Å²) in [5.74, 6) is 1.90. The SMILES string of the molecule is CCNC(=NCC(c1ccco1)N1CCCC1)N1CC[C@@H](O)C1.I. The van der Waals surface area contributed by atoms with Gasteiger partial charge in [-0.15, -0.1) is 24.0 Å². The summed E-state index contributed by atoms with van der Waals surface area (Å²) in [6.07, 6.45) is 4.82. The van der Waals surface area contributed by atoms with E-state index in [1.807, 2.05) is 12.1 Å². The monoisotopic (exact) mass is 448 g/mol. The Bertz CT molecular complexity index is 503. The summed E-state index contributed by atoms with van der Waals surface area (Å²) in [6, 6.07) is 4.20. The molecule has 2 aliphatic rings. The van der Waals surface area contributed by atoms with Crippen molar-refractivity contribution in [1.29, 1.82) is 0 Å². The van der Waals surface area contributed by atoms with Crippen molar-refractivity contribution in [3.63, 3.8) is 0 Å². The number of furan rings is 1. The third-order valence-corrected chi connectivity index (χ3v) is 4.66. The van der Waals surface area contributed by atoms with Crippen LogP contribution in [0.25, 0.3) is 0 Å². The molecule has 7 heteroatoms. The molecule has 0 spiro atoms. The standard InChI is InChI=1S/C17H28N4O2.HI/c1-2-18-17(21-10-7-14(22)13-21)19-12-15(16-6-5-11-23-16)20-8-3-4-9-20;/h5-6,11,14-15,22H,2-4,7-10,12-13H2,1H3,(H,18,19);1H/t14-,15?;/m1./s1. The molecule has 24 heavy (non-hydrogen) atoms. The van der Waals surface area contributed by atoms with Gasteiger partial charge in [-0.2, -0.15) is 0 Å². The minimum atomic E-state index is -0.238. The summed E-state index contributed by atoms with van der Waals surface area (Å²) < 4.78 is 5.66. The molecule has 6 nitrogen and oxygen atoms in total. The predicted molar refractivity (Wildman–Crippen MR) is 106 cm³/mol. The quantitative estimate of drug-likeness (QED) is 0.410. The normalized spacial score (nSPS) is 23.3. The maximum absolute atomic E-state index is 9.77. The number of nitrogens with zero attached hydrogens (tertiary/aromatic N) is 3. The molecule has 0 aliphatic carbocycles. The number of hydrogen-bond donors (Lipinski definition) is 2. The Morgan fingerprint density at radius 3 is 2.79 bits per heavy atom. The van der Waals surface area contributed by atoms with Crippen LogP contribution in [-0.4, -0.2) is 66.2 Å². The third kappa shape index (κ3) is 4.86. The molecule has 2 atom stereocenters. The second kappa shape index (κ2) is 9.62. The van der Waals surface area contributed by atoms with Crippen molar-refractivity contribution < 1.29 is 9.52 Å². The lowest BCUT2D eigenvalue weighted by Crippen LogP contribution is -2.41. The van der Waals surface area contributed by atoms with Gasteiger partial charge in [0.05, 0.1) is 25.0 Å². The molecule has 2 N–H and O–H groups in total. The Hall–Kier alpha value is -0.800. The Kier molecular flexibility index (Phi) is 7.83. The van der Waals surface area contributed by atoms with Crippen molar-refractivity contribution in [3.05, 3.63) is 24.2 Å². The highest BCUT2D eigenvalue weighted by Gasteiger charge is 2.27. The summed E-state index contributed by atoms with van der Waals surface area (Å²) in [7, 11) is 0. The van der Waals surface area contributed by atoms with Crippen LogP contribution in [0.3, 0.4) is 0 Å². The Labute approximate surface area is 161 Å². The number of hydrogen-bond acceptors (Lipinski definition) is 4. The molecular formula is C17H29IN4O2. The molecule has 3 rings (SSSR count). The van der Waals surface area contributed by atoms with E-state index >= 15 is 0 Å². The molecule has 2 aliphatic heterocycles. The average Bonchev–Trinajstić information content (AvgIpc) is 3.29. The van der Waals surface area contributed by atoms with E-state index in [-0.39, 0.29) is 36.1 Å². The number of nitrogens with one attached hydrogen (secondary N) is 1. The summed E-state index contributed by atoms with van der Waals surface area (Å²) >= 11 is 0. The minimum absolute atomic E-state index is 0. The lowest BCUT2D eigenvalue weighted by molar-refractivity contribution is 0.187. The van der Waals surface area contributed by atoms with Crippen molar-refractivity contribution in [2.24, 2.45) is 4.99 Å². The molecule has 0 amide bonds. The number of aliphatic hydroxyl groups is 1. The highest BCUT2D eigenvalue weighted by molar-refractivity contribution is 14.0. The van der Waals surface area contributed by atoms with E-state index < -0.39 is 0 Å². The average molecular weight is 448 g/mol. The first-order valence-electron chi connectivity index (χ1n) is 8.76. The van der Waals surface area contributed by atoms with Crippen LogP contribution < -0.4 is 5.32 Å². The lowest BCUT2D eigenvalue weighted by Gasteiger charge is -2.26. The zero-order valence-corrected chi connectivity index (χ0v) is 16.7. The van der Waals surface area contributed by atoms with Crippen LogP contribution in [-0.2, 0) is 0 Å². The van der Waals surface area contributed by atoms with E-state index in [0.29, 0.717) is 13.1 Å². The molecule has 0 radical (unpaired) electrons. The highest BCUT2D eigenvalue weighted by atomic mass is 127. The molecule has 2 fully saturated rings. The van der Waals surface area contributed by atoms with Crippen molar-refractivity contribution in [2.45, 2.75) is 38.3 Å². The first-order chi connectivity index (χ1) is 11.3. The van der Waals surface area contributed by atoms with E-state index in [0.717, 1.165) is 44.3 Å². The molecule has 1 aromatic rings. The van der Waals surface area contributed by atoms with Gasteiger partial charge in [0.15, 0.2) is 5.96 Å². The van der Waals surface area contributed by atoms with Gasteiger partial charge in [0.1, 0.15) is 5.76 Å². The van der Waals surface area contributed by atoms with Gasteiger partial charge >= 0.3 is 0 Å². The second-order valence-corrected chi connectivity index (χ2v) is 6.36. The van der Waals surface area contributed by atoms with Crippen molar-refractivity contribution in [1.82, 2.24) is 15.1 Å². The van der Waals surface area contributed by atoms with Crippen LogP contribution >= 0.6 is 24.0 Å². The van der Waals surface area contributed by atoms with Crippen molar-refractivity contribution in [3.8, 4) is 0 Å². The van der Waals surface area contributed by atoms with Gasteiger partial charge < -0.3 is 19.7 Å². The van der Waals surface area contributed by atoms with Gasteiger partial charge in [0.2, 0.25) is 0 Å². The molecule has 0 saturated carbocycles. The van der Waals surface area contributed by atoms with Gasteiger partial charge in [-0.25, -0.2) is 0 Å². The van der Waals surface area contributed by atoms with E-state index in [9.17, 15) is 5.11 Å². The van der Waals surface area contributed by atoms with Crippen molar-refractivity contribution >= 4 is 29.9 Å². The number of aliphatic imine (C=N–C) groups is 1. The number of halogens is 1. The Morgan fingerprint density at radius 1 is 1.42 bits per heavy atom. The summed E-state index contributed by atoms with van der Waals surface area (Å²) in [4.78, 5) is 9.46. The van der Waals surface area contributed by atoms with Gasteiger partial charge in [-0.05, 0) is 51.4 Å². The Morgan fingerprint density at radius 2 is 2.21 bits per heavy atom. The lowest BCUT2D eigenvalue weighted by atomic mass is 10.2. The van der Waals surface area contributed by atoms with Gasteiger partial charge in [0, 0.05) is 19.6 Å². The van der Waals surface area contributed by atoms with Crippen LogP contribution in [0.5, 0.6) is 0 Å². The summed E-state index contributed by atoms with van der Waals surface area (Å²) in [5, 5.41) is 13.1. The first-order valence-corrected chi connectivity index (χ1v) is 8.76. The van der Waals surface area contributed by atoms with Crippen LogP contribution in [0, 0.1) is 0 Å². The molecule has 1 unspecified atom stereocenters. The van der Waals surface area contributed by atoms with Gasteiger partial charge in [-0.3, -0.25) is 9.89 Å². The van der Waals surface area contributed by atoms with Gasteiger partial charge in [0.25, 0.3) is 0 Å². The molecular weight excluding hydrogens is 419 g/mol. The van der Waals surface area contributed by atoms with E-state index in [4.69, 9.17) is 9.41 Å². The maximum atomic E-state index is 9.77. The zero-order valence-electron chi connectivity index (χ0n) is 14.4. The van der Waals surface area contributed by atoms with Crippen LogP contribution in [0.15, 0.2) is 27.8 Å². The van der Waals surface area contributed by atoms with E-state index in [1.165, 1.54) is 12.8 Å². The highest BCUT2D eigenvalue weighted by Crippen LogP contribution is 2.26. The molecule has 0 aromatic carbocycles. The molecule has 1 aromatic heterocycles. The number of aliphatic hydroxyl groups excluding tert-OH is 1. The number of β-amino-alcohol motifs (C(OH)–C–C–N with tert-alkyl or cyclic N) is 1. The maximum Gasteiger partial charge on any atom is 0.194 e. The summed E-state index contributed by atoms with van der Waals surface area (Å²) in [6.45, 7) is 7.35. The molecule has 3 heterocycles. The first kappa shape index (κ1) is 19.5. The molecule has 136 valence electrons. The fourth-order valence-electron chi connectivity index (χ4n) is 3.45. The largest absolute Gasteiger partial charge is 0.468 e. The van der Waals surface area contributed by atoms with Crippen LogP contribution in [0.4, 0.5) is 0 Å². The van der Waals surface area contributed by atoms with Gasteiger partial charge in [-0.1, -0.05) is 0 Å². The van der Waals surface area contributed by atoms with E-state index in [1.54, 1.807) is 6.26 Å². The van der Waals surface area contributed by atoms with Crippen LogP contribution in [0.1, 0.15) is 38.0 Å². The fourth-order valence-corrected chi connectivity index (χ4v) is 3.45.